The van der Waals surface area contributed by atoms with Crippen molar-refractivity contribution in [2.24, 2.45) is 0 Å². The first-order valence-electron chi connectivity index (χ1n) is 5.60. The predicted molar refractivity (Wildman–Crippen MR) is 64.1 cm³/mol. The van der Waals surface area contributed by atoms with Crippen LogP contribution in [0, 0.1) is 0 Å². The van der Waals surface area contributed by atoms with E-state index in [4.69, 9.17) is 5.11 Å². The molecule has 1 aromatic heterocycles. The molecule has 0 aliphatic carbocycles. The maximum atomic E-state index is 12.3. The van der Waals surface area contributed by atoms with Crippen molar-refractivity contribution in [3.63, 3.8) is 0 Å². The lowest BCUT2D eigenvalue weighted by Gasteiger charge is -2.17. The Morgan fingerprint density at radius 3 is 2.79 bits per heavy atom. The van der Waals surface area contributed by atoms with E-state index >= 15 is 0 Å². The summed E-state index contributed by atoms with van der Waals surface area (Å²) in [6.45, 7) is 0.392. The lowest BCUT2D eigenvalue weighted by Crippen LogP contribution is -2.37. The van der Waals surface area contributed by atoms with E-state index in [-0.39, 0.29) is 29.6 Å². The first-order valence-corrected chi connectivity index (χ1v) is 7.04. The van der Waals surface area contributed by atoms with E-state index in [9.17, 15) is 18.0 Å². The number of carbonyl (C=O) groups is 2. The van der Waals surface area contributed by atoms with Crippen LogP contribution in [-0.2, 0) is 14.8 Å². The summed E-state index contributed by atoms with van der Waals surface area (Å²) in [6.07, 6.45) is 1.63. The van der Waals surface area contributed by atoms with Gasteiger partial charge in [-0.25, -0.2) is 13.2 Å². The van der Waals surface area contributed by atoms with Gasteiger partial charge in [0.15, 0.2) is 0 Å². The number of aromatic amines is 1. The number of carboxylic acid groups (broad SMARTS) is 1. The number of carboxylic acids is 1. The zero-order valence-corrected chi connectivity index (χ0v) is 10.7. The quantitative estimate of drug-likeness (QED) is 0.674. The number of aromatic nitrogens is 1. The van der Waals surface area contributed by atoms with Gasteiger partial charge in [-0.1, -0.05) is 0 Å². The van der Waals surface area contributed by atoms with Gasteiger partial charge in [-0.05, 0) is 12.5 Å². The number of carbonyl (C=O) groups excluding carboxylic acids is 1. The molecule has 1 fully saturated rings. The second-order valence-electron chi connectivity index (χ2n) is 4.10. The fourth-order valence-corrected chi connectivity index (χ4v) is 3.21. The Morgan fingerprint density at radius 1 is 1.42 bits per heavy atom. The topological polar surface area (TPSA) is 120 Å². The highest BCUT2D eigenvalue weighted by atomic mass is 32.2. The average molecular weight is 287 g/mol. The van der Waals surface area contributed by atoms with E-state index in [1.165, 1.54) is 0 Å². The zero-order chi connectivity index (χ0) is 14.0. The van der Waals surface area contributed by atoms with Gasteiger partial charge in [-0.3, -0.25) is 4.79 Å². The van der Waals surface area contributed by atoms with Crippen LogP contribution in [-0.4, -0.2) is 54.3 Å². The highest BCUT2D eigenvalue weighted by Gasteiger charge is 2.29. The van der Waals surface area contributed by atoms with Crippen molar-refractivity contribution in [3.8, 4) is 0 Å². The molecule has 1 aromatic rings. The fourth-order valence-electron chi connectivity index (χ4n) is 1.78. The van der Waals surface area contributed by atoms with E-state index in [0.29, 0.717) is 13.0 Å². The number of nitrogens with zero attached hydrogens (tertiary/aromatic N) is 1. The van der Waals surface area contributed by atoms with Gasteiger partial charge in [0.2, 0.25) is 15.9 Å². The van der Waals surface area contributed by atoms with Crippen molar-refractivity contribution in [2.75, 3.05) is 19.6 Å². The molecule has 2 heterocycles. The summed E-state index contributed by atoms with van der Waals surface area (Å²) < 4.78 is 25.6. The van der Waals surface area contributed by atoms with Crippen LogP contribution in [0.15, 0.2) is 17.2 Å². The van der Waals surface area contributed by atoms with Crippen LogP contribution < -0.4 is 5.32 Å². The molecule has 0 saturated carbocycles. The second kappa shape index (κ2) is 5.02. The molecule has 9 heteroatoms. The van der Waals surface area contributed by atoms with Crippen LogP contribution in [0.4, 0.5) is 0 Å². The molecule has 3 N–H and O–H groups in total. The Balaban J connectivity index is 2.29. The maximum Gasteiger partial charge on any atom is 0.352 e. The van der Waals surface area contributed by atoms with Crippen LogP contribution in [0.5, 0.6) is 0 Å². The largest absolute Gasteiger partial charge is 0.477 e. The molecule has 1 amide bonds. The van der Waals surface area contributed by atoms with Crippen LogP contribution in [0.2, 0.25) is 0 Å². The number of aromatic carboxylic acids is 1. The number of hydrogen-bond donors (Lipinski definition) is 3. The lowest BCUT2D eigenvalue weighted by atomic mass is 10.4. The van der Waals surface area contributed by atoms with Crippen molar-refractivity contribution in [1.82, 2.24) is 14.6 Å². The predicted octanol–water partition coefficient (Wildman–Crippen LogP) is -0.776. The molecule has 8 nitrogen and oxygen atoms in total. The Labute approximate surface area is 109 Å². The van der Waals surface area contributed by atoms with Gasteiger partial charge in [0.05, 0.1) is 6.54 Å². The first-order chi connectivity index (χ1) is 8.91. The Hall–Kier alpha value is -1.87. The highest BCUT2D eigenvalue weighted by Crippen LogP contribution is 2.17. The standard InChI is InChI=1S/C10H13N3O5S/c14-9-6-13(3-1-2-11-9)19(17,18)7-4-8(10(15)16)12-5-7/h4-5,12H,1-3,6H2,(H,11,14)(H,15,16). The van der Waals surface area contributed by atoms with Crippen LogP contribution in [0.3, 0.4) is 0 Å². The number of sulfonamides is 1. The minimum absolute atomic E-state index is 0.153. The van der Waals surface area contributed by atoms with Gasteiger partial charge in [0, 0.05) is 19.3 Å². The van der Waals surface area contributed by atoms with Gasteiger partial charge >= 0.3 is 5.97 Å². The van der Waals surface area contributed by atoms with Gasteiger partial charge < -0.3 is 15.4 Å². The fraction of sp³-hybridized carbons (Fsp3) is 0.400. The van der Waals surface area contributed by atoms with E-state index in [1.54, 1.807) is 0 Å². The molecular weight excluding hydrogens is 274 g/mol. The molecule has 1 aliphatic rings. The maximum absolute atomic E-state index is 12.3. The molecule has 0 spiro atoms. The molecule has 2 rings (SSSR count). The van der Waals surface area contributed by atoms with Crippen LogP contribution in [0.1, 0.15) is 16.9 Å². The Morgan fingerprint density at radius 2 is 2.16 bits per heavy atom. The van der Waals surface area contributed by atoms with Crippen LogP contribution >= 0.6 is 0 Å². The smallest absolute Gasteiger partial charge is 0.352 e. The molecule has 0 radical (unpaired) electrons. The van der Waals surface area contributed by atoms with Crippen molar-refractivity contribution in [2.45, 2.75) is 11.3 Å². The van der Waals surface area contributed by atoms with Crippen molar-refractivity contribution in [3.05, 3.63) is 18.0 Å². The minimum atomic E-state index is -3.85. The summed E-state index contributed by atoms with van der Waals surface area (Å²) in [6, 6.07) is 1.04. The van der Waals surface area contributed by atoms with Crippen molar-refractivity contribution >= 4 is 21.9 Å². The minimum Gasteiger partial charge on any atom is -0.477 e. The van der Waals surface area contributed by atoms with Gasteiger partial charge in [0.25, 0.3) is 0 Å². The van der Waals surface area contributed by atoms with E-state index in [0.717, 1.165) is 16.6 Å². The summed E-state index contributed by atoms with van der Waals surface area (Å²) in [5, 5.41) is 11.3. The van der Waals surface area contributed by atoms with Crippen molar-refractivity contribution < 1.29 is 23.1 Å². The third kappa shape index (κ3) is 2.76. The van der Waals surface area contributed by atoms with E-state index in [2.05, 4.69) is 10.3 Å². The molecule has 0 aromatic carbocycles. The monoisotopic (exact) mass is 287 g/mol. The molecular formula is C10H13N3O5S. The summed E-state index contributed by atoms with van der Waals surface area (Å²) >= 11 is 0. The third-order valence-electron chi connectivity index (χ3n) is 2.75. The molecule has 19 heavy (non-hydrogen) atoms. The highest BCUT2D eigenvalue weighted by molar-refractivity contribution is 7.89. The van der Waals surface area contributed by atoms with Crippen LogP contribution in [0.25, 0.3) is 0 Å². The molecule has 0 unspecified atom stereocenters. The molecule has 1 saturated heterocycles. The third-order valence-corrected chi connectivity index (χ3v) is 4.57. The Bertz CT molecular complexity index is 606. The number of rotatable bonds is 3. The molecule has 0 atom stereocenters. The van der Waals surface area contributed by atoms with Gasteiger partial charge in [0.1, 0.15) is 10.6 Å². The van der Waals surface area contributed by atoms with Gasteiger partial charge in [-0.15, -0.1) is 0 Å². The number of hydrogen-bond acceptors (Lipinski definition) is 4. The van der Waals surface area contributed by atoms with Crippen molar-refractivity contribution in [1.29, 1.82) is 0 Å². The summed E-state index contributed by atoms with van der Waals surface area (Å²) in [4.78, 5) is 24.3. The van der Waals surface area contributed by atoms with Gasteiger partial charge in [-0.2, -0.15) is 4.31 Å². The average Bonchev–Trinajstić information content (AvgIpc) is 2.74. The first kappa shape index (κ1) is 13.6. The summed E-state index contributed by atoms with van der Waals surface area (Å²) in [5.41, 5.74) is -0.210. The number of H-pyrrole nitrogens is 1. The van der Waals surface area contributed by atoms with E-state index < -0.39 is 16.0 Å². The van der Waals surface area contributed by atoms with E-state index in [1.807, 2.05) is 0 Å². The Kier molecular flexibility index (Phi) is 3.58. The normalized spacial score (nSPS) is 17.8. The lowest BCUT2D eigenvalue weighted by molar-refractivity contribution is -0.120. The second-order valence-corrected chi connectivity index (χ2v) is 6.03. The molecule has 0 bridgehead atoms. The summed E-state index contributed by atoms with van der Waals surface area (Å²) in [7, 11) is -3.85. The molecule has 104 valence electrons. The zero-order valence-electron chi connectivity index (χ0n) is 9.92. The summed E-state index contributed by atoms with van der Waals surface area (Å²) in [5.74, 6) is -1.61. The molecule has 1 aliphatic heterocycles. The number of nitrogens with one attached hydrogen (secondary N) is 2. The SMILES string of the molecule is O=C1CN(S(=O)(=O)c2c[nH]c(C(=O)O)c2)CCCN1. The number of amides is 1.